The summed E-state index contributed by atoms with van der Waals surface area (Å²) in [5.74, 6) is -0.947. The molecule has 0 fully saturated rings. The SMILES string of the molecule is CN(CCNC(=O)c1cccc(F)c1N)c1ccccc1. The van der Waals surface area contributed by atoms with Crippen LogP contribution in [0.1, 0.15) is 10.4 Å². The first-order valence-electron chi connectivity index (χ1n) is 6.68. The van der Waals surface area contributed by atoms with E-state index in [1.54, 1.807) is 0 Å². The summed E-state index contributed by atoms with van der Waals surface area (Å²) in [5.41, 5.74) is 6.67. The number of halogens is 1. The van der Waals surface area contributed by atoms with Crippen molar-refractivity contribution >= 4 is 17.3 Å². The molecule has 5 heteroatoms. The fourth-order valence-electron chi connectivity index (χ4n) is 1.98. The van der Waals surface area contributed by atoms with Crippen LogP contribution >= 0.6 is 0 Å². The Hall–Kier alpha value is -2.56. The van der Waals surface area contributed by atoms with Crippen LogP contribution in [0.4, 0.5) is 15.8 Å². The van der Waals surface area contributed by atoms with E-state index in [-0.39, 0.29) is 17.2 Å². The van der Waals surface area contributed by atoms with Crippen LogP contribution in [0.2, 0.25) is 0 Å². The van der Waals surface area contributed by atoms with Crippen molar-refractivity contribution in [1.29, 1.82) is 0 Å². The molecule has 0 saturated heterocycles. The number of rotatable bonds is 5. The summed E-state index contributed by atoms with van der Waals surface area (Å²) in [7, 11) is 1.94. The normalized spacial score (nSPS) is 10.2. The van der Waals surface area contributed by atoms with Gasteiger partial charge in [-0.2, -0.15) is 0 Å². The zero-order valence-corrected chi connectivity index (χ0v) is 11.8. The van der Waals surface area contributed by atoms with Crippen LogP contribution in [0.15, 0.2) is 48.5 Å². The van der Waals surface area contributed by atoms with Crippen molar-refractivity contribution in [2.75, 3.05) is 30.8 Å². The number of para-hydroxylation sites is 2. The lowest BCUT2D eigenvalue weighted by Gasteiger charge is -2.19. The average Bonchev–Trinajstić information content (AvgIpc) is 2.50. The zero-order chi connectivity index (χ0) is 15.2. The Morgan fingerprint density at radius 1 is 1.19 bits per heavy atom. The fraction of sp³-hybridized carbons (Fsp3) is 0.188. The number of nitrogens with zero attached hydrogens (tertiary/aromatic N) is 1. The third kappa shape index (κ3) is 3.72. The average molecular weight is 287 g/mol. The maximum absolute atomic E-state index is 13.3. The molecular formula is C16H18FN3O. The van der Waals surface area contributed by atoms with Crippen LogP contribution in [0.3, 0.4) is 0 Å². The van der Waals surface area contributed by atoms with E-state index in [2.05, 4.69) is 5.32 Å². The first-order valence-corrected chi connectivity index (χ1v) is 6.68. The van der Waals surface area contributed by atoms with Crippen LogP contribution < -0.4 is 16.0 Å². The summed E-state index contributed by atoms with van der Waals surface area (Å²) in [6.07, 6.45) is 0. The Bertz CT molecular complexity index is 616. The summed E-state index contributed by atoms with van der Waals surface area (Å²) in [4.78, 5) is 14.0. The van der Waals surface area contributed by atoms with Gasteiger partial charge in [-0.3, -0.25) is 4.79 Å². The number of nitrogens with one attached hydrogen (secondary N) is 1. The molecule has 0 aromatic heterocycles. The predicted molar refractivity (Wildman–Crippen MR) is 82.9 cm³/mol. The van der Waals surface area contributed by atoms with Gasteiger partial charge in [0.1, 0.15) is 5.82 Å². The van der Waals surface area contributed by atoms with Gasteiger partial charge in [-0.1, -0.05) is 24.3 Å². The van der Waals surface area contributed by atoms with Crippen LogP contribution in [0.25, 0.3) is 0 Å². The summed E-state index contributed by atoms with van der Waals surface area (Å²) in [6, 6.07) is 14.1. The van der Waals surface area contributed by atoms with Crippen LogP contribution in [0, 0.1) is 5.82 Å². The highest BCUT2D eigenvalue weighted by molar-refractivity contribution is 5.99. The maximum Gasteiger partial charge on any atom is 0.253 e. The molecule has 0 bridgehead atoms. The number of benzene rings is 2. The molecule has 0 atom stereocenters. The number of carbonyl (C=O) groups is 1. The quantitative estimate of drug-likeness (QED) is 0.829. The van der Waals surface area contributed by atoms with Gasteiger partial charge in [0, 0.05) is 25.8 Å². The van der Waals surface area contributed by atoms with Gasteiger partial charge in [-0.25, -0.2) is 4.39 Å². The molecule has 0 spiro atoms. The summed E-state index contributed by atoms with van der Waals surface area (Å²) < 4.78 is 13.3. The number of nitrogens with two attached hydrogens (primary N) is 1. The number of carbonyl (C=O) groups excluding carboxylic acids is 1. The van der Waals surface area contributed by atoms with E-state index in [9.17, 15) is 9.18 Å². The molecule has 0 aliphatic heterocycles. The first-order chi connectivity index (χ1) is 10.1. The van der Waals surface area contributed by atoms with Crippen LogP contribution in [0.5, 0.6) is 0 Å². The second-order valence-corrected chi connectivity index (χ2v) is 4.71. The van der Waals surface area contributed by atoms with Crippen molar-refractivity contribution in [3.63, 3.8) is 0 Å². The number of likely N-dealkylation sites (N-methyl/N-ethyl adjacent to an activating group) is 1. The second-order valence-electron chi connectivity index (χ2n) is 4.71. The minimum atomic E-state index is -0.580. The van der Waals surface area contributed by atoms with E-state index in [0.717, 1.165) is 5.69 Å². The third-order valence-electron chi connectivity index (χ3n) is 3.23. The number of nitrogen functional groups attached to an aromatic ring is 1. The second kappa shape index (κ2) is 6.74. The Morgan fingerprint density at radius 3 is 2.62 bits per heavy atom. The molecule has 0 saturated carbocycles. The van der Waals surface area contributed by atoms with Crippen molar-refractivity contribution in [3.05, 3.63) is 59.9 Å². The lowest BCUT2D eigenvalue weighted by atomic mass is 10.1. The number of hydrogen-bond acceptors (Lipinski definition) is 3. The molecule has 3 N–H and O–H groups in total. The smallest absolute Gasteiger partial charge is 0.253 e. The Balaban J connectivity index is 1.89. The van der Waals surface area contributed by atoms with E-state index in [1.807, 2.05) is 42.3 Å². The van der Waals surface area contributed by atoms with E-state index in [4.69, 9.17) is 5.73 Å². The van der Waals surface area contributed by atoms with Gasteiger partial charge < -0.3 is 16.0 Å². The number of anilines is 2. The minimum absolute atomic E-state index is 0.119. The topological polar surface area (TPSA) is 58.4 Å². The molecule has 0 unspecified atom stereocenters. The van der Waals surface area contributed by atoms with E-state index >= 15 is 0 Å². The molecule has 1 amide bonds. The lowest BCUT2D eigenvalue weighted by molar-refractivity contribution is 0.0955. The van der Waals surface area contributed by atoms with Gasteiger partial charge in [0.05, 0.1) is 11.3 Å². The van der Waals surface area contributed by atoms with Gasteiger partial charge >= 0.3 is 0 Å². The third-order valence-corrected chi connectivity index (χ3v) is 3.23. The van der Waals surface area contributed by atoms with Gasteiger partial charge in [-0.05, 0) is 24.3 Å². The van der Waals surface area contributed by atoms with Crippen LogP contribution in [-0.2, 0) is 0 Å². The number of amides is 1. The molecule has 2 aromatic rings. The van der Waals surface area contributed by atoms with Crippen molar-refractivity contribution in [2.45, 2.75) is 0 Å². The Kier molecular flexibility index (Phi) is 4.77. The molecule has 4 nitrogen and oxygen atoms in total. The van der Waals surface area contributed by atoms with Crippen molar-refractivity contribution in [1.82, 2.24) is 5.32 Å². The van der Waals surface area contributed by atoms with Crippen molar-refractivity contribution < 1.29 is 9.18 Å². The molecule has 0 heterocycles. The summed E-state index contributed by atoms with van der Waals surface area (Å²) >= 11 is 0. The van der Waals surface area contributed by atoms with E-state index < -0.39 is 5.82 Å². The molecule has 21 heavy (non-hydrogen) atoms. The highest BCUT2D eigenvalue weighted by atomic mass is 19.1. The largest absolute Gasteiger partial charge is 0.396 e. The van der Waals surface area contributed by atoms with Crippen molar-refractivity contribution in [3.8, 4) is 0 Å². The molecule has 0 aliphatic rings. The van der Waals surface area contributed by atoms with Gasteiger partial charge in [0.15, 0.2) is 0 Å². The Labute approximate surface area is 123 Å². The Morgan fingerprint density at radius 2 is 1.90 bits per heavy atom. The predicted octanol–water partition coefficient (Wildman–Crippen LogP) is 2.27. The van der Waals surface area contributed by atoms with Crippen LogP contribution in [-0.4, -0.2) is 26.0 Å². The van der Waals surface area contributed by atoms with E-state index in [0.29, 0.717) is 13.1 Å². The lowest BCUT2D eigenvalue weighted by Crippen LogP contribution is -2.33. The number of hydrogen-bond donors (Lipinski definition) is 2. The standard InChI is InChI=1S/C16H18FN3O/c1-20(12-6-3-2-4-7-12)11-10-19-16(21)13-8-5-9-14(17)15(13)18/h2-9H,10-11,18H2,1H3,(H,19,21). The molecule has 0 aliphatic carbocycles. The van der Waals surface area contributed by atoms with Gasteiger partial charge in [-0.15, -0.1) is 0 Å². The zero-order valence-electron chi connectivity index (χ0n) is 11.8. The van der Waals surface area contributed by atoms with Gasteiger partial charge in [0.2, 0.25) is 0 Å². The molecule has 2 rings (SSSR count). The summed E-state index contributed by atoms with van der Waals surface area (Å²) in [5, 5.41) is 2.74. The highest BCUT2D eigenvalue weighted by Crippen LogP contribution is 2.15. The fourth-order valence-corrected chi connectivity index (χ4v) is 1.98. The minimum Gasteiger partial charge on any atom is -0.396 e. The molecule has 2 aromatic carbocycles. The summed E-state index contributed by atoms with van der Waals surface area (Å²) in [6.45, 7) is 1.09. The highest BCUT2D eigenvalue weighted by Gasteiger charge is 2.12. The monoisotopic (exact) mass is 287 g/mol. The first kappa shape index (κ1) is 14.8. The van der Waals surface area contributed by atoms with E-state index in [1.165, 1.54) is 18.2 Å². The maximum atomic E-state index is 13.3. The molecule has 110 valence electrons. The van der Waals surface area contributed by atoms with Crippen molar-refractivity contribution in [2.24, 2.45) is 0 Å². The molecule has 0 radical (unpaired) electrons. The molecular weight excluding hydrogens is 269 g/mol. The van der Waals surface area contributed by atoms with Gasteiger partial charge in [0.25, 0.3) is 5.91 Å².